The Morgan fingerprint density at radius 1 is 1.18 bits per heavy atom. The zero-order chi connectivity index (χ0) is 24.8. The lowest BCUT2D eigenvalue weighted by Crippen LogP contribution is -2.31. The highest BCUT2D eigenvalue weighted by Gasteiger charge is 2.41. The summed E-state index contributed by atoms with van der Waals surface area (Å²) in [6, 6.07) is 9.31. The maximum absolute atomic E-state index is 13.3. The second-order valence-electron chi connectivity index (χ2n) is 8.78. The molecule has 34 heavy (non-hydrogen) atoms. The van der Waals surface area contributed by atoms with E-state index in [1.165, 1.54) is 11.3 Å². The van der Waals surface area contributed by atoms with Crippen LogP contribution in [-0.4, -0.2) is 22.0 Å². The molecule has 1 aliphatic heterocycles. The standard InChI is InChI=1S/C26H25F3N2O2S/c1-14(2)22-13-34-24(30-22)21-7-6-15(3)8-19(21)12-31-17(5)23(33-25(31)32)18-9-16(4)10-20(11-18)26(27,28)29/h6-11,13,17,23H,1,12H2,2-5H3/t17-,23-/m0/s1. The van der Waals surface area contributed by atoms with E-state index in [1.807, 2.05) is 37.4 Å². The minimum Gasteiger partial charge on any atom is -0.439 e. The van der Waals surface area contributed by atoms with Crippen LogP contribution in [0.3, 0.4) is 0 Å². The van der Waals surface area contributed by atoms with Crippen molar-refractivity contribution in [2.24, 2.45) is 0 Å². The highest BCUT2D eigenvalue weighted by molar-refractivity contribution is 7.13. The Hall–Kier alpha value is -3.13. The largest absolute Gasteiger partial charge is 0.439 e. The molecule has 1 saturated heterocycles. The van der Waals surface area contributed by atoms with Gasteiger partial charge in [-0.2, -0.15) is 13.2 Å². The number of halogens is 3. The molecule has 4 nitrogen and oxygen atoms in total. The topological polar surface area (TPSA) is 42.4 Å². The van der Waals surface area contributed by atoms with Gasteiger partial charge < -0.3 is 4.74 Å². The van der Waals surface area contributed by atoms with Crippen LogP contribution in [0.15, 0.2) is 48.4 Å². The second-order valence-corrected chi connectivity index (χ2v) is 9.64. The van der Waals surface area contributed by atoms with Crippen molar-refractivity contribution in [3.05, 3.63) is 81.9 Å². The summed E-state index contributed by atoms with van der Waals surface area (Å²) < 4.78 is 45.6. The van der Waals surface area contributed by atoms with Crippen LogP contribution in [0.4, 0.5) is 18.0 Å². The molecule has 2 aromatic carbocycles. The van der Waals surface area contributed by atoms with Crippen molar-refractivity contribution in [2.45, 2.75) is 52.6 Å². The van der Waals surface area contributed by atoms with Crippen LogP contribution >= 0.6 is 11.3 Å². The normalized spacial score (nSPS) is 18.3. The average molecular weight is 487 g/mol. The van der Waals surface area contributed by atoms with E-state index in [0.717, 1.165) is 45.1 Å². The molecule has 8 heteroatoms. The monoisotopic (exact) mass is 486 g/mol. The molecule has 0 aliphatic carbocycles. The van der Waals surface area contributed by atoms with Gasteiger partial charge in [0.05, 0.1) is 23.8 Å². The molecule has 3 aromatic rings. The Bertz CT molecular complexity index is 1270. The van der Waals surface area contributed by atoms with Crippen molar-refractivity contribution in [3.8, 4) is 10.6 Å². The van der Waals surface area contributed by atoms with Crippen molar-refractivity contribution in [1.82, 2.24) is 9.88 Å². The van der Waals surface area contributed by atoms with Gasteiger partial charge in [0.15, 0.2) is 0 Å². The van der Waals surface area contributed by atoms with Gasteiger partial charge in [0.1, 0.15) is 11.1 Å². The molecular weight excluding hydrogens is 461 g/mol. The van der Waals surface area contributed by atoms with Crippen molar-refractivity contribution in [3.63, 3.8) is 0 Å². The summed E-state index contributed by atoms with van der Waals surface area (Å²) in [7, 11) is 0. The minimum absolute atomic E-state index is 0.257. The maximum atomic E-state index is 13.3. The van der Waals surface area contributed by atoms with Crippen LogP contribution in [0.1, 0.15) is 53.5 Å². The number of cyclic esters (lactones) is 1. The number of aromatic nitrogens is 1. The molecule has 4 rings (SSSR count). The van der Waals surface area contributed by atoms with E-state index >= 15 is 0 Å². The highest BCUT2D eigenvalue weighted by atomic mass is 32.1. The first-order valence-electron chi connectivity index (χ1n) is 10.8. The summed E-state index contributed by atoms with van der Waals surface area (Å²) in [4.78, 5) is 19.0. The number of hydrogen-bond acceptors (Lipinski definition) is 4. The number of carbonyl (C=O) groups is 1. The van der Waals surface area contributed by atoms with Crippen molar-refractivity contribution >= 4 is 23.0 Å². The van der Waals surface area contributed by atoms with Crippen LogP contribution in [0.2, 0.25) is 0 Å². The van der Waals surface area contributed by atoms with Gasteiger partial charge in [-0.3, -0.25) is 4.90 Å². The third-order valence-corrected chi connectivity index (χ3v) is 6.80. The van der Waals surface area contributed by atoms with Gasteiger partial charge in [-0.15, -0.1) is 11.3 Å². The maximum Gasteiger partial charge on any atom is 0.416 e. The number of carbonyl (C=O) groups excluding carboxylic acids is 1. The molecule has 0 bridgehead atoms. The van der Waals surface area contributed by atoms with Gasteiger partial charge in [-0.05, 0) is 56.5 Å². The molecule has 2 atom stereocenters. The van der Waals surface area contributed by atoms with Gasteiger partial charge in [0, 0.05) is 10.9 Å². The fourth-order valence-corrected chi connectivity index (χ4v) is 5.09. The first kappa shape index (κ1) is 24.0. The number of ether oxygens (including phenoxy) is 1. The quantitative estimate of drug-likeness (QED) is 0.374. The molecule has 178 valence electrons. The minimum atomic E-state index is -4.47. The summed E-state index contributed by atoms with van der Waals surface area (Å²) in [5.41, 5.74) is 4.57. The fourth-order valence-electron chi connectivity index (χ4n) is 4.14. The predicted octanol–water partition coefficient (Wildman–Crippen LogP) is 7.56. The molecule has 2 heterocycles. The molecule has 0 unspecified atom stereocenters. The Morgan fingerprint density at radius 2 is 1.91 bits per heavy atom. The van der Waals surface area contributed by atoms with Gasteiger partial charge in [0.2, 0.25) is 0 Å². The number of allylic oxidation sites excluding steroid dienone is 1. The second kappa shape index (κ2) is 8.91. The number of amides is 1. The Balaban J connectivity index is 1.65. The molecular formula is C26H25F3N2O2S. The van der Waals surface area contributed by atoms with E-state index in [0.29, 0.717) is 11.1 Å². The van der Waals surface area contributed by atoms with Gasteiger partial charge >= 0.3 is 12.3 Å². The molecule has 1 aromatic heterocycles. The SMILES string of the molecule is C=C(C)c1csc(-c2ccc(C)cc2CN2C(=O)O[C@H](c3cc(C)cc(C(F)(F)F)c3)[C@@H]2C)n1. The van der Waals surface area contributed by atoms with E-state index in [1.54, 1.807) is 24.8 Å². The van der Waals surface area contributed by atoms with E-state index in [9.17, 15) is 18.0 Å². The average Bonchev–Trinajstić information content (AvgIpc) is 3.34. The van der Waals surface area contributed by atoms with Crippen LogP contribution in [-0.2, 0) is 17.5 Å². The van der Waals surface area contributed by atoms with Crippen LogP contribution in [0.5, 0.6) is 0 Å². The van der Waals surface area contributed by atoms with Gasteiger partial charge in [-0.1, -0.05) is 42.0 Å². The lowest BCUT2D eigenvalue weighted by Gasteiger charge is -2.23. The number of rotatable bonds is 5. The fraction of sp³-hybridized carbons (Fsp3) is 0.308. The summed E-state index contributed by atoms with van der Waals surface area (Å²) in [5.74, 6) is 0. The first-order chi connectivity index (χ1) is 15.9. The predicted molar refractivity (Wildman–Crippen MR) is 127 cm³/mol. The summed E-state index contributed by atoms with van der Waals surface area (Å²) in [6.07, 6.45) is -5.82. The lowest BCUT2D eigenvalue weighted by molar-refractivity contribution is -0.137. The number of nitrogens with zero attached hydrogens (tertiary/aromatic N) is 2. The number of hydrogen-bond donors (Lipinski definition) is 0. The van der Waals surface area contributed by atoms with Gasteiger partial charge in [-0.25, -0.2) is 9.78 Å². The number of thiazole rings is 1. The van der Waals surface area contributed by atoms with Crippen molar-refractivity contribution < 1.29 is 22.7 Å². The molecule has 0 spiro atoms. The summed E-state index contributed by atoms with van der Waals surface area (Å²) >= 11 is 1.50. The Morgan fingerprint density at radius 3 is 2.56 bits per heavy atom. The molecule has 1 aliphatic rings. The third-order valence-electron chi connectivity index (χ3n) is 5.92. The van der Waals surface area contributed by atoms with E-state index in [4.69, 9.17) is 4.74 Å². The Labute approximate surface area is 200 Å². The molecule has 0 radical (unpaired) electrons. The molecule has 0 N–H and O–H groups in total. The first-order valence-corrected chi connectivity index (χ1v) is 11.7. The smallest absolute Gasteiger partial charge is 0.416 e. The molecule has 1 amide bonds. The molecule has 0 saturated carbocycles. The van der Waals surface area contributed by atoms with Crippen LogP contribution < -0.4 is 0 Å². The van der Waals surface area contributed by atoms with E-state index in [-0.39, 0.29) is 6.54 Å². The van der Waals surface area contributed by atoms with E-state index in [2.05, 4.69) is 11.6 Å². The number of alkyl halides is 3. The lowest BCUT2D eigenvalue weighted by atomic mass is 9.97. The number of benzene rings is 2. The zero-order valence-electron chi connectivity index (χ0n) is 19.4. The van der Waals surface area contributed by atoms with E-state index < -0.39 is 30.0 Å². The Kier molecular flexibility index (Phi) is 6.29. The highest BCUT2D eigenvalue weighted by Crippen LogP contribution is 2.39. The van der Waals surface area contributed by atoms with Crippen LogP contribution in [0, 0.1) is 13.8 Å². The van der Waals surface area contributed by atoms with Gasteiger partial charge in [0.25, 0.3) is 0 Å². The van der Waals surface area contributed by atoms with Crippen molar-refractivity contribution in [2.75, 3.05) is 0 Å². The van der Waals surface area contributed by atoms with Crippen LogP contribution in [0.25, 0.3) is 16.1 Å². The summed E-state index contributed by atoms with van der Waals surface area (Å²) in [6.45, 7) is 11.5. The summed E-state index contributed by atoms with van der Waals surface area (Å²) in [5, 5.41) is 2.76. The third kappa shape index (κ3) is 4.73. The number of aryl methyl sites for hydroxylation is 2. The molecule has 1 fully saturated rings. The zero-order valence-corrected chi connectivity index (χ0v) is 20.2. The van der Waals surface area contributed by atoms with Crippen molar-refractivity contribution in [1.29, 1.82) is 0 Å².